The molecule has 178 valence electrons. The number of halogens is 2. The van der Waals surface area contributed by atoms with Crippen LogP contribution in [0.1, 0.15) is 22.4 Å². The SMILES string of the molecule is Cc1ccc(Cl)cc1N1CCN(C(=O)Cc2c(C)nc(SCc3cccc(Cl)c3)[nH]c2=O)CC1. The first-order valence-corrected chi connectivity index (χ1v) is 12.8. The van der Waals surface area contributed by atoms with Gasteiger partial charge in [0.1, 0.15) is 0 Å². The number of hydrogen-bond donors (Lipinski definition) is 1. The highest BCUT2D eigenvalue weighted by Crippen LogP contribution is 2.26. The van der Waals surface area contributed by atoms with Crippen molar-refractivity contribution < 1.29 is 4.79 Å². The van der Waals surface area contributed by atoms with Crippen LogP contribution in [-0.2, 0) is 17.0 Å². The summed E-state index contributed by atoms with van der Waals surface area (Å²) in [6, 6.07) is 13.4. The van der Waals surface area contributed by atoms with Gasteiger partial charge in [-0.05, 0) is 49.2 Å². The molecule has 3 aromatic rings. The van der Waals surface area contributed by atoms with E-state index in [4.69, 9.17) is 23.2 Å². The van der Waals surface area contributed by atoms with Crippen molar-refractivity contribution >= 4 is 46.6 Å². The number of piperazine rings is 1. The zero-order chi connectivity index (χ0) is 24.2. The van der Waals surface area contributed by atoms with E-state index < -0.39 is 0 Å². The van der Waals surface area contributed by atoms with Gasteiger partial charge in [-0.1, -0.05) is 53.2 Å². The first-order valence-electron chi connectivity index (χ1n) is 11.1. The quantitative estimate of drug-likeness (QED) is 0.373. The monoisotopic (exact) mass is 516 g/mol. The van der Waals surface area contributed by atoms with Crippen molar-refractivity contribution in [2.45, 2.75) is 31.2 Å². The summed E-state index contributed by atoms with van der Waals surface area (Å²) < 4.78 is 0. The average molecular weight is 517 g/mol. The normalized spacial score (nSPS) is 13.9. The molecular weight excluding hydrogens is 491 g/mol. The molecular formula is C25H26Cl2N4O2S. The molecule has 0 aliphatic carbocycles. The molecule has 6 nitrogen and oxygen atoms in total. The molecule has 0 bridgehead atoms. The van der Waals surface area contributed by atoms with E-state index in [0.29, 0.717) is 45.3 Å². The van der Waals surface area contributed by atoms with Crippen LogP contribution >= 0.6 is 35.0 Å². The number of rotatable bonds is 6. The van der Waals surface area contributed by atoms with Crippen molar-refractivity contribution in [2.24, 2.45) is 0 Å². The molecule has 2 aromatic carbocycles. The minimum Gasteiger partial charge on any atom is -0.368 e. The van der Waals surface area contributed by atoms with E-state index in [9.17, 15) is 9.59 Å². The van der Waals surface area contributed by atoms with Crippen LogP contribution in [0.5, 0.6) is 0 Å². The van der Waals surface area contributed by atoms with Crippen molar-refractivity contribution in [2.75, 3.05) is 31.1 Å². The lowest BCUT2D eigenvalue weighted by Gasteiger charge is -2.37. The Morgan fingerprint density at radius 1 is 1.06 bits per heavy atom. The molecule has 1 aliphatic rings. The molecule has 1 aliphatic heterocycles. The molecule has 0 radical (unpaired) electrons. The van der Waals surface area contributed by atoms with Crippen molar-refractivity contribution in [3.05, 3.63) is 85.2 Å². The van der Waals surface area contributed by atoms with Crippen molar-refractivity contribution in [1.82, 2.24) is 14.9 Å². The molecule has 4 rings (SSSR count). The Morgan fingerprint density at radius 2 is 1.79 bits per heavy atom. The van der Waals surface area contributed by atoms with Crippen LogP contribution in [0.2, 0.25) is 10.0 Å². The van der Waals surface area contributed by atoms with E-state index in [0.717, 1.165) is 29.9 Å². The van der Waals surface area contributed by atoms with Crippen LogP contribution in [-0.4, -0.2) is 47.0 Å². The van der Waals surface area contributed by atoms with E-state index in [1.807, 2.05) is 47.4 Å². The Hall–Kier alpha value is -2.48. The third kappa shape index (κ3) is 5.95. The Balaban J connectivity index is 1.36. The fourth-order valence-electron chi connectivity index (χ4n) is 4.02. The second-order valence-corrected chi connectivity index (χ2v) is 10.2. The third-order valence-corrected chi connectivity index (χ3v) is 7.35. The summed E-state index contributed by atoms with van der Waals surface area (Å²) in [5.74, 6) is 0.578. The first kappa shape index (κ1) is 24.6. The van der Waals surface area contributed by atoms with Crippen molar-refractivity contribution in [1.29, 1.82) is 0 Å². The van der Waals surface area contributed by atoms with E-state index >= 15 is 0 Å². The molecule has 2 heterocycles. The van der Waals surface area contributed by atoms with Gasteiger partial charge in [0.25, 0.3) is 5.56 Å². The number of benzene rings is 2. The molecule has 1 aromatic heterocycles. The number of anilines is 1. The largest absolute Gasteiger partial charge is 0.368 e. The standard InChI is InChI=1S/C25H26Cl2N4O2S/c1-16-6-7-20(27)13-22(16)30-8-10-31(11-9-30)23(32)14-21-17(2)28-25(29-24(21)33)34-15-18-4-3-5-19(26)12-18/h3-7,12-13H,8-11,14-15H2,1-2H3,(H,28,29,33). The number of carbonyl (C=O) groups excluding carboxylic acids is 1. The molecule has 9 heteroatoms. The molecule has 0 unspecified atom stereocenters. The molecule has 1 fully saturated rings. The van der Waals surface area contributed by atoms with E-state index in [-0.39, 0.29) is 17.9 Å². The van der Waals surface area contributed by atoms with Crippen LogP contribution in [0, 0.1) is 13.8 Å². The Labute approximate surface area is 213 Å². The Bertz CT molecular complexity index is 1260. The topological polar surface area (TPSA) is 69.3 Å². The van der Waals surface area contributed by atoms with Crippen molar-refractivity contribution in [3.8, 4) is 0 Å². The van der Waals surface area contributed by atoms with Gasteiger partial charge in [0.2, 0.25) is 5.91 Å². The lowest BCUT2D eigenvalue weighted by Crippen LogP contribution is -2.49. The third-order valence-electron chi connectivity index (χ3n) is 5.94. The fraction of sp³-hybridized carbons (Fsp3) is 0.320. The van der Waals surface area contributed by atoms with Crippen LogP contribution in [0.4, 0.5) is 5.69 Å². The number of hydrogen-bond acceptors (Lipinski definition) is 5. The summed E-state index contributed by atoms with van der Waals surface area (Å²) in [5.41, 5.74) is 4.04. The number of thioether (sulfide) groups is 1. The molecule has 1 amide bonds. The van der Waals surface area contributed by atoms with Gasteiger partial charge in [0, 0.05) is 58.9 Å². The number of aromatic nitrogens is 2. The Morgan fingerprint density at radius 3 is 2.50 bits per heavy atom. The maximum absolute atomic E-state index is 13.0. The van der Waals surface area contributed by atoms with Gasteiger partial charge in [-0.2, -0.15) is 0 Å². The number of aromatic amines is 1. The van der Waals surface area contributed by atoms with Crippen LogP contribution < -0.4 is 10.5 Å². The van der Waals surface area contributed by atoms with E-state index in [1.165, 1.54) is 11.8 Å². The minimum atomic E-state index is -0.261. The number of carbonyl (C=O) groups is 1. The second kappa shape index (κ2) is 10.8. The minimum absolute atomic E-state index is 0.0452. The fourth-order valence-corrected chi connectivity index (χ4v) is 5.25. The summed E-state index contributed by atoms with van der Waals surface area (Å²) in [5, 5.41) is 1.91. The predicted molar refractivity (Wildman–Crippen MR) is 139 cm³/mol. The summed E-state index contributed by atoms with van der Waals surface area (Å²) in [7, 11) is 0. The highest BCUT2D eigenvalue weighted by Gasteiger charge is 2.24. The summed E-state index contributed by atoms with van der Waals surface area (Å²) in [6.45, 7) is 6.48. The van der Waals surface area contributed by atoms with Gasteiger partial charge in [0.15, 0.2) is 5.16 Å². The maximum Gasteiger partial charge on any atom is 0.255 e. The zero-order valence-electron chi connectivity index (χ0n) is 19.1. The smallest absolute Gasteiger partial charge is 0.255 e. The van der Waals surface area contributed by atoms with Gasteiger partial charge >= 0.3 is 0 Å². The molecule has 34 heavy (non-hydrogen) atoms. The lowest BCUT2D eigenvalue weighted by atomic mass is 10.1. The molecule has 0 spiro atoms. The summed E-state index contributed by atoms with van der Waals surface area (Å²) >= 11 is 13.6. The van der Waals surface area contributed by atoms with E-state index in [1.54, 1.807) is 6.92 Å². The van der Waals surface area contributed by atoms with Crippen molar-refractivity contribution in [3.63, 3.8) is 0 Å². The average Bonchev–Trinajstić information content (AvgIpc) is 2.81. The summed E-state index contributed by atoms with van der Waals surface area (Å²) in [6.07, 6.45) is 0.0452. The number of nitrogens with zero attached hydrogens (tertiary/aromatic N) is 3. The van der Waals surface area contributed by atoms with Gasteiger partial charge in [-0.15, -0.1) is 0 Å². The van der Waals surface area contributed by atoms with Crippen LogP contribution in [0.25, 0.3) is 0 Å². The van der Waals surface area contributed by atoms with Gasteiger partial charge in [-0.3, -0.25) is 9.59 Å². The lowest BCUT2D eigenvalue weighted by molar-refractivity contribution is -0.130. The number of nitrogens with one attached hydrogen (secondary N) is 1. The summed E-state index contributed by atoms with van der Waals surface area (Å²) in [4.78, 5) is 37.1. The van der Waals surface area contributed by atoms with Crippen LogP contribution in [0.3, 0.4) is 0 Å². The number of amides is 1. The van der Waals surface area contributed by atoms with Gasteiger partial charge < -0.3 is 14.8 Å². The van der Waals surface area contributed by atoms with Crippen LogP contribution in [0.15, 0.2) is 52.4 Å². The second-order valence-electron chi connectivity index (χ2n) is 8.33. The van der Waals surface area contributed by atoms with Gasteiger partial charge in [-0.25, -0.2) is 4.98 Å². The number of aryl methyl sites for hydroxylation is 2. The highest BCUT2D eigenvalue weighted by molar-refractivity contribution is 7.98. The van der Waals surface area contributed by atoms with Gasteiger partial charge in [0.05, 0.1) is 6.42 Å². The Kier molecular flexibility index (Phi) is 7.86. The van der Waals surface area contributed by atoms with E-state index in [2.05, 4.69) is 21.8 Å². The molecule has 1 N–H and O–H groups in total. The molecule has 0 saturated carbocycles. The predicted octanol–water partition coefficient (Wildman–Crippen LogP) is 4.88. The highest BCUT2D eigenvalue weighted by atomic mass is 35.5. The molecule has 0 atom stereocenters. The maximum atomic E-state index is 13.0. The first-order chi connectivity index (χ1) is 16.3. The molecule has 1 saturated heterocycles. The number of H-pyrrole nitrogens is 1. The zero-order valence-corrected chi connectivity index (χ0v) is 21.4.